The summed E-state index contributed by atoms with van der Waals surface area (Å²) in [6, 6.07) is 0. The van der Waals surface area contributed by atoms with E-state index in [2.05, 4.69) is 5.32 Å². The second-order valence-corrected chi connectivity index (χ2v) is 5.54. The normalized spacial score (nSPS) is 25.0. The van der Waals surface area contributed by atoms with Crippen molar-refractivity contribution in [2.75, 3.05) is 0 Å². The summed E-state index contributed by atoms with van der Waals surface area (Å²) in [7, 11) is 0. The van der Waals surface area contributed by atoms with Crippen molar-refractivity contribution >= 4 is 11.9 Å². The van der Waals surface area contributed by atoms with Crippen LogP contribution in [0.5, 0.6) is 0 Å². The van der Waals surface area contributed by atoms with Crippen LogP contribution in [0, 0.1) is 0 Å². The van der Waals surface area contributed by atoms with Gasteiger partial charge >= 0.3 is 5.97 Å². The van der Waals surface area contributed by atoms with E-state index in [1.165, 1.54) is 0 Å². The molecule has 0 heterocycles. The van der Waals surface area contributed by atoms with Gasteiger partial charge in [0.05, 0.1) is 0 Å². The summed E-state index contributed by atoms with van der Waals surface area (Å²) < 4.78 is 0. The maximum atomic E-state index is 11.9. The standard InChI is InChI=1S/C12H20N2O3/c13-11(4-1-2-5-11)8-9(15)14-12(10(16)17)6-3-7-12/h1-8,13H2,(H,14,15)(H,16,17). The molecule has 0 aromatic rings. The highest BCUT2D eigenvalue weighted by Gasteiger charge is 2.46. The van der Waals surface area contributed by atoms with Gasteiger partial charge in [-0.15, -0.1) is 0 Å². The molecule has 5 heteroatoms. The number of nitrogens with two attached hydrogens (primary N) is 1. The molecule has 0 spiro atoms. The molecule has 2 aliphatic rings. The highest BCUT2D eigenvalue weighted by atomic mass is 16.4. The lowest BCUT2D eigenvalue weighted by atomic mass is 9.76. The lowest BCUT2D eigenvalue weighted by Crippen LogP contribution is -2.60. The van der Waals surface area contributed by atoms with Crippen LogP contribution in [-0.2, 0) is 9.59 Å². The Morgan fingerprint density at radius 1 is 1.12 bits per heavy atom. The zero-order chi connectivity index (χ0) is 12.5. The Labute approximate surface area is 101 Å². The molecule has 1 amide bonds. The predicted octanol–water partition coefficient (Wildman–Crippen LogP) is 0.771. The van der Waals surface area contributed by atoms with Crippen LogP contribution < -0.4 is 11.1 Å². The summed E-state index contributed by atoms with van der Waals surface area (Å²) in [5.41, 5.74) is 4.69. The second-order valence-electron chi connectivity index (χ2n) is 5.54. The Balaban J connectivity index is 1.90. The van der Waals surface area contributed by atoms with Gasteiger partial charge < -0.3 is 16.2 Å². The molecular weight excluding hydrogens is 220 g/mol. The van der Waals surface area contributed by atoms with Gasteiger partial charge in [0.2, 0.25) is 5.91 Å². The second kappa shape index (κ2) is 4.29. The zero-order valence-corrected chi connectivity index (χ0v) is 10.00. The molecule has 2 fully saturated rings. The number of nitrogens with one attached hydrogen (secondary N) is 1. The van der Waals surface area contributed by atoms with Crippen molar-refractivity contribution in [3.8, 4) is 0 Å². The number of aliphatic carboxylic acids is 1. The molecule has 0 unspecified atom stereocenters. The zero-order valence-electron chi connectivity index (χ0n) is 10.00. The quantitative estimate of drug-likeness (QED) is 0.676. The molecule has 2 rings (SSSR count). The van der Waals surface area contributed by atoms with Gasteiger partial charge in [-0.2, -0.15) is 0 Å². The summed E-state index contributed by atoms with van der Waals surface area (Å²) in [5.74, 6) is -1.13. The number of carboxylic acids is 1. The van der Waals surface area contributed by atoms with Crippen LogP contribution in [0.2, 0.25) is 0 Å². The van der Waals surface area contributed by atoms with E-state index in [1.807, 2.05) is 0 Å². The fourth-order valence-electron chi connectivity index (χ4n) is 2.81. The van der Waals surface area contributed by atoms with E-state index in [0.717, 1.165) is 32.1 Å². The molecule has 0 aromatic carbocycles. The van der Waals surface area contributed by atoms with Crippen LogP contribution >= 0.6 is 0 Å². The molecule has 96 valence electrons. The SMILES string of the molecule is NC1(CC(=O)NC2(C(=O)O)CCC2)CCCC1. The van der Waals surface area contributed by atoms with Gasteiger partial charge in [0.25, 0.3) is 0 Å². The molecule has 0 bridgehead atoms. The van der Waals surface area contributed by atoms with Gasteiger partial charge in [0.15, 0.2) is 0 Å². The van der Waals surface area contributed by atoms with Crippen LogP contribution in [0.4, 0.5) is 0 Å². The molecule has 4 N–H and O–H groups in total. The number of carboxylic acid groups (broad SMARTS) is 1. The topological polar surface area (TPSA) is 92.4 Å². The molecule has 0 radical (unpaired) electrons. The molecule has 0 atom stereocenters. The van der Waals surface area contributed by atoms with Crippen LogP contribution in [0.3, 0.4) is 0 Å². The number of carbonyl (C=O) groups excluding carboxylic acids is 1. The number of rotatable bonds is 4. The van der Waals surface area contributed by atoms with E-state index in [1.54, 1.807) is 0 Å². The molecule has 0 aliphatic heterocycles. The molecule has 2 saturated carbocycles. The van der Waals surface area contributed by atoms with Crippen LogP contribution in [0.15, 0.2) is 0 Å². The fourth-order valence-corrected chi connectivity index (χ4v) is 2.81. The van der Waals surface area contributed by atoms with Gasteiger partial charge in [-0.05, 0) is 32.1 Å². The van der Waals surface area contributed by atoms with E-state index in [4.69, 9.17) is 10.8 Å². The molecule has 17 heavy (non-hydrogen) atoms. The third-order valence-electron chi connectivity index (χ3n) is 4.11. The number of hydrogen-bond donors (Lipinski definition) is 3. The van der Waals surface area contributed by atoms with Crippen LogP contribution in [0.25, 0.3) is 0 Å². The smallest absolute Gasteiger partial charge is 0.329 e. The monoisotopic (exact) mass is 240 g/mol. The average Bonchev–Trinajstić information content (AvgIpc) is 2.57. The number of amides is 1. The summed E-state index contributed by atoms with van der Waals surface area (Å²) >= 11 is 0. The average molecular weight is 240 g/mol. The van der Waals surface area contributed by atoms with E-state index >= 15 is 0 Å². The Kier molecular flexibility index (Phi) is 3.12. The van der Waals surface area contributed by atoms with Crippen molar-refractivity contribution in [1.29, 1.82) is 0 Å². The minimum absolute atomic E-state index is 0.212. The van der Waals surface area contributed by atoms with Crippen molar-refractivity contribution < 1.29 is 14.7 Å². The Morgan fingerprint density at radius 3 is 2.12 bits per heavy atom. The maximum Gasteiger partial charge on any atom is 0.329 e. The summed E-state index contributed by atoms with van der Waals surface area (Å²) in [6.45, 7) is 0. The van der Waals surface area contributed by atoms with Gasteiger partial charge in [0.1, 0.15) is 5.54 Å². The lowest BCUT2D eigenvalue weighted by Gasteiger charge is -2.39. The van der Waals surface area contributed by atoms with E-state index in [9.17, 15) is 9.59 Å². The maximum absolute atomic E-state index is 11.9. The minimum atomic E-state index is -1.01. The van der Waals surface area contributed by atoms with Gasteiger partial charge in [-0.25, -0.2) is 4.79 Å². The van der Waals surface area contributed by atoms with Crippen molar-refractivity contribution in [2.24, 2.45) is 5.73 Å². The lowest BCUT2D eigenvalue weighted by molar-refractivity contribution is -0.152. The molecule has 2 aliphatic carbocycles. The first-order valence-corrected chi connectivity index (χ1v) is 6.29. The van der Waals surface area contributed by atoms with Crippen molar-refractivity contribution in [3.05, 3.63) is 0 Å². The molecule has 0 saturated heterocycles. The summed E-state index contributed by atoms with van der Waals surface area (Å²) in [5, 5.41) is 11.8. The first-order valence-electron chi connectivity index (χ1n) is 6.29. The third-order valence-corrected chi connectivity index (χ3v) is 4.11. The van der Waals surface area contributed by atoms with E-state index < -0.39 is 17.0 Å². The Hall–Kier alpha value is -1.10. The van der Waals surface area contributed by atoms with Crippen LogP contribution in [-0.4, -0.2) is 28.1 Å². The molecule has 0 aromatic heterocycles. The van der Waals surface area contributed by atoms with Crippen molar-refractivity contribution in [1.82, 2.24) is 5.32 Å². The Morgan fingerprint density at radius 2 is 1.71 bits per heavy atom. The largest absolute Gasteiger partial charge is 0.480 e. The molecular formula is C12H20N2O3. The number of hydrogen-bond acceptors (Lipinski definition) is 3. The van der Waals surface area contributed by atoms with Gasteiger partial charge in [-0.3, -0.25) is 4.79 Å². The van der Waals surface area contributed by atoms with Crippen molar-refractivity contribution in [3.63, 3.8) is 0 Å². The van der Waals surface area contributed by atoms with Crippen LogP contribution in [0.1, 0.15) is 51.4 Å². The van der Waals surface area contributed by atoms with E-state index in [-0.39, 0.29) is 12.3 Å². The first-order chi connectivity index (χ1) is 7.96. The minimum Gasteiger partial charge on any atom is -0.480 e. The molecule has 5 nitrogen and oxygen atoms in total. The highest BCUT2D eigenvalue weighted by Crippen LogP contribution is 2.34. The van der Waals surface area contributed by atoms with E-state index in [0.29, 0.717) is 12.8 Å². The predicted molar refractivity (Wildman–Crippen MR) is 62.4 cm³/mol. The fraction of sp³-hybridized carbons (Fsp3) is 0.833. The first kappa shape index (κ1) is 12.4. The summed E-state index contributed by atoms with van der Waals surface area (Å²) in [4.78, 5) is 23.0. The van der Waals surface area contributed by atoms with Gasteiger partial charge in [0, 0.05) is 12.0 Å². The highest BCUT2D eigenvalue weighted by molar-refractivity contribution is 5.88. The summed E-state index contributed by atoms with van der Waals surface area (Å²) in [6.07, 6.45) is 6.03. The number of carbonyl (C=O) groups is 2. The Bertz CT molecular complexity index is 331. The third kappa shape index (κ3) is 2.44. The van der Waals surface area contributed by atoms with Crippen molar-refractivity contribution in [2.45, 2.75) is 62.4 Å². The van der Waals surface area contributed by atoms with Gasteiger partial charge in [-0.1, -0.05) is 12.8 Å².